The minimum Gasteiger partial charge on any atom is -0.497 e. The second-order valence-electron chi connectivity index (χ2n) is 4.62. The lowest BCUT2D eigenvalue weighted by atomic mass is 10.1. The number of anilines is 1. The molecule has 100 valence electrons. The van der Waals surface area contributed by atoms with Gasteiger partial charge in [-0.05, 0) is 54.8 Å². The predicted octanol–water partition coefficient (Wildman–Crippen LogP) is 4.06. The highest BCUT2D eigenvalue weighted by molar-refractivity contribution is 5.53. The summed E-state index contributed by atoms with van der Waals surface area (Å²) in [6, 6.07) is 11.2. The van der Waals surface area contributed by atoms with Crippen LogP contribution in [-0.4, -0.2) is 7.11 Å². The standard InChI is InChI=1S/C16H18FNO/c1-11-4-5-13(9-15(11)17)10-18-16-7-6-14(19-3)8-12(16)2/h4-9,18H,10H2,1-3H3. The van der Waals surface area contributed by atoms with Crippen LogP contribution in [0.1, 0.15) is 16.7 Å². The van der Waals surface area contributed by atoms with Gasteiger partial charge in [0.1, 0.15) is 11.6 Å². The average molecular weight is 259 g/mol. The quantitative estimate of drug-likeness (QED) is 0.894. The van der Waals surface area contributed by atoms with Crippen molar-refractivity contribution in [1.29, 1.82) is 0 Å². The Morgan fingerprint density at radius 1 is 1.05 bits per heavy atom. The Kier molecular flexibility index (Phi) is 4.05. The smallest absolute Gasteiger partial charge is 0.126 e. The van der Waals surface area contributed by atoms with Gasteiger partial charge in [-0.15, -0.1) is 0 Å². The number of hydrogen-bond acceptors (Lipinski definition) is 2. The maximum Gasteiger partial charge on any atom is 0.126 e. The molecule has 19 heavy (non-hydrogen) atoms. The van der Waals surface area contributed by atoms with E-state index < -0.39 is 0 Å². The minimum atomic E-state index is -0.161. The largest absolute Gasteiger partial charge is 0.497 e. The molecule has 2 aromatic carbocycles. The zero-order valence-electron chi connectivity index (χ0n) is 11.5. The predicted molar refractivity (Wildman–Crippen MR) is 76.2 cm³/mol. The average Bonchev–Trinajstić information content (AvgIpc) is 2.41. The van der Waals surface area contributed by atoms with Crippen LogP contribution in [0.4, 0.5) is 10.1 Å². The Morgan fingerprint density at radius 3 is 2.47 bits per heavy atom. The second kappa shape index (κ2) is 5.74. The third-order valence-corrected chi connectivity index (χ3v) is 3.15. The van der Waals surface area contributed by atoms with Crippen molar-refractivity contribution in [1.82, 2.24) is 0 Å². The first kappa shape index (κ1) is 13.4. The molecule has 0 heterocycles. The lowest BCUT2D eigenvalue weighted by Crippen LogP contribution is -2.02. The van der Waals surface area contributed by atoms with Crippen LogP contribution in [0.2, 0.25) is 0 Å². The van der Waals surface area contributed by atoms with E-state index in [-0.39, 0.29) is 5.82 Å². The highest BCUT2D eigenvalue weighted by atomic mass is 19.1. The van der Waals surface area contributed by atoms with Crippen molar-refractivity contribution >= 4 is 5.69 Å². The van der Waals surface area contributed by atoms with E-state index in [1.807, 2.05) is 31.2 Å². The Bertz CT molecular complexity index is 581. The molecular weight excluding hydrogens is 241 g/mol. The molecule has 0 aliphatic heterocycles. The van der Waals surface area contributed by atoms with Crippen LogP contribution >= 0.6 is 0 Å². The second-order valence-corrected chi connectivity index (χ2v) is 4.62. The number of rotatable bonds is 4. The zero-order chi connectivity index (χ0) is 13.8. The van der Waals surface area contributed by atoms with Gasteiger partial charge in [0.25, 0.3) is 0 Å². The summed E-state index contributed by atoms with van der Waals surface area (Å²) < 4.78 is 18.6. The summed E-state index contributed by atoms with van der Waals surface area (Å²) in [5, 5.41) is 3.30. The van der Waals surface area contributed by atoms with E-state index >= 15 is 0 Å². The molecule has 0 atom stereocenters. The van der Waals surface area contributed by atoms with Gasteiger partial charge in [-0.25, -0.2) is 4.39 Å². The molecule has 2 aromatic rings. The molecular formula is C16H18FNO. The van der Waals surface area contributed by atoms with Gasteiger partial charge in [0.15, 0.2) is 0 Å². The molecule has 0 spiro atoms. The van der Waals surface area contributed by atoms with Crippen LogP contribution in [-0.2, 0) is 6.54 Å². The third-order valence-electron chi connectivity index (χ3n) is 3.15. The van der Waals surface area contributed by atoms with Gasteiger partial charge < -0.3 is 10.1 Å². The number of aryl methyl sites for hydroxylation is 2. The highest BCUT2D eigenvalue weighted by Crippen LogP contribution is 2.21. The summed E-state index contributed by atoms with van der Waals surface area (Å²) in [5.41, 5.74) is 3.73. The summed E-state index contributed by atoms with van der Waals surface area (Å²) in [7, 11) is 1.65. The van der Waals surface area contributed by atoms with Crippen LogP contribution in [0.15, 0.2) is 36.4 Å². The van der Waals surface area contributed by atoms with Gasteiger partial charge in [-0.3, -0.25) is 0 Å². The number of halogens is 1. The van der Waals surface area contributed by atoms with Crippen molar-refractivity contribution in [2.75, 3.05) is 12.4 Å². The van der Waals surface area contributed by atoms with E-state index in [2.05, 4.69) is 5.32 Å². The van der Waals surface area contributed by atoms with Crippen molar-refractivity contribution in [3.05, 3.63) is 58.9 Å². The molecule has 0 aromatic heterocycles. The SMILES string of the molecule is COc1ccc(NCc2ccc(C)c(F)c2)c(C)c1. The van der Waals surface area contributed by atoms with Crippen molar-refractivity contribution in [3.63, 3.8) is 0 Å². The van der Waals surface area contributed by atoms with Crippen LogP contribution < -0.4 is 10.1 Å². The van der Waals surface area contributed by atoms with Crippen molar-refractivity contribution in [2.24, 2.45) is 0 Å². The summed E-state index contributed by atoms with van der Waals surface area (Å²) in [6.45, 7) is 4.38. The number of benzene rings is 2. The van der Waals surface area contributed by atoms with E-state index in [4.69, 9.17) is 4.74 Å². The fourth-order valence-electron chi connectivity index (χ4n) is 1.91. The molecule has 2 nitrogen and oxygen atoms in total. The van der Waals surface area contributed by atoms with Crippen molar-refractivity contribution in [2.45, 2.75) is 20.4 Å². The van der Waals surface area contributed by atoms with E-state index in [1.54, 1.807) is 26.2 Å². The molecule has 3 heteroatoms. The maximum absolute atomic E-state index is 13.4. The minimum absolute atomic E-state index is 0.161. The monoisotopic (exact) mass is 259 g/mol. The van der Waals surface area contributed by atoms with Crippen LogP contribution in [0, 0.1) is 19.7 Å². The third kappa shape index (κ3) is 3.25. The van der Waals surface area contributed by atoms with Crippen molar-refractivity contribution in [3.8, 4) is 5.75 Å². The first-order valence-corrected chi connectivity index (χ1v) is 6.23. The molecule has 0 unspecified atom stereocenters. The van der Waals surface area contributed by atoms with E-state index in [0.29, 0.717) is 12.1 Å². The number of ether oxygens (including phenoxy) is 1. The lowest BCUT2D eigenvalue weighted by Gasteiger charge is -2.11. The molecule has 0 amide bonds. The number of methoxy groups -OCH3 is 1. The topological polar surface area (TPSA) is 21.3 Å². The maximum atomic E-state index is 13.4. The summed E-state index contributed by atoms with van der Waals surface area (Å²) in [4.78, 5) is 0. The first-order valence-electron chi connectivity index (χ1n) is 6.23. The molecule has 0 radical (unpaired) electrons. The van der Waals surface area contributed by atoms with Gasteiger partial charge in [0.2, 0.25) is 0 Å². The van der Waals surface area contributed by atoms with E-state index in [1.165, 1.54) is 0 Å². The number of nitrogens with one attached hydrogen (secondary N) is 1. The zero-order valence-corrected chi connectivity index (χ0v) is 11.5. The molecule has 0 aliphatic carbocycles. The Morgan fingerprint density at radius 2 is 1.84 bits per heavy atom. The number of hydrogen-bond donors (Lipinski definition) is 1. The Hall–Kier alpha value is -2.03. The van der Waals surface area contributed by atoms with Gasteiger partial charge >= 0.3 is 0 Å². The first-order chi connectivity index (χ1) is 9.10. The fraction of sp³-hybridized carbons (Fsp3) is 0.250. The molecule has 0 saturated heterocycles. The summed E-state index contributed by atoms with van der Waals surface area (Å²) in [5.74, 6) is 0.676. The molecule has 0 bridgehead atoms. The van der Waals surface area contributed by atoms with Gasteiger partial charge in [0.05, 0.1) is 7.11 Å². The summed E-state index contributed by atoms with van der Waals surface area (Å²) in [6.07, 6.45) is 0. The van der Waals surface area contributed by atoms with Crippen LogP contribution in [0.5, 0.6) is 5.75 Å². The summed E-state index contributed by atoms with van der Waals surface area (Å²) >= 11 is 0. The van der Waals surface area contributed by atoms with Gasteiger partial charge in [-0.2, -0.15) is 0 Å². The fourth-order valence-corrected chi connectivity index (χ4v) is 1.91. The van der Waals surface area contributed by atoms with Crippen LogP contribution in [0.3, 0.4) is 0 Å². The molecule has 2 rings (SSSR count). The van der Waals surface area contributed by atoms with E-state index in [9.17, 15) is 4.39 Å². The van der Waals surface area contributed by atoms with Gasteiger partial charge in [-0.1, -0.05) is 12.1 Å². The molecule has 1 N–H and O–H groups in total. The molecule has 0 aliphatic rings. The molecule has 0 fully saturated rings. The van der Waals surface area contributed by atoms with Crippen molar-refractivity contribution < 1.29 is 9.13 Å². The van der Waals surface area contributed by atoms with Crippen LogP contribution in [0.25, 0.3) is 0 Å². The Labute approximate surface area is 113 Å². The normalized spacial score (nSPS) is 10.3. The molecule has 0 saturated carbocycles. The lowest BCUT2D eigenvalue weighted by molar-refractivity contribution is 0.414. The van der Waals surface area contributed by atoms with Gasteiger partial charge in [0, 0.05) is 12.2 Å². The Balaban J connectivity index is 2.07. The highest BCUT2D eigenvalue weighted by Gasteiger charge is 2.02. The van der Waals surface area contributed by atoms with E-state index in [0.717, 1.165) is 22.6 Å².